The largest absolute Gasteiger partial charge is 0.462 e. The van der Waals surface area contributed by atoms with Crippen LogP contribution < -0.4 is 0 Å². The molecule has 0 aliphatic rings. The Labute approximate surface area is 429 Å². The van der Waals surface area contributed by atoms with Crippen LogP contribution in [0.4, 0.5) is 0 Å². The van der Waals surface area contributed by atoms with Crippen LogP contribution in [0, 0.1) is 0 Å². The average Bonchev–Trinajstić information content (AvgIpc) is 3.36. The fourth-order valence-electron chi connectivity index (χ4n) is 6.83. The fourth-order valence-corrected chi connectivity index (χ4v) is 6.83. The van der Waals surface area contributed by atoms with Crippen LogP contribution in [-0.2, 0) is 28.6 Å². The molecule has 6 heteroatoms. The lowest BCUT2D eigenvalue weighted by atomic mass is 10.1. The SMILES string of the molecule is CC/C=C\C/C=C\C/C=C\C/C=C\CCCCCC(=O)OCC(COC(=O)CCCCCCC\C=C/C=C\C=C/C=C\C=C/CCC)OC(=O)CCCCCCC\C=C/C=C\C=C/C=C\CCCCC. The summed E-state index contributed by atoms with van der Waals surface area (Å²) in [6.45, 7) is 6.31. The predicted molar refractivity (Wildman–Crippen MR) is 302 cm³/mol. The van der Waals surface area contributed by atoms with Gasteiger partial charge in [-0.25, -0.2) is 0 Å². The molecule has 0 saturated heterocycles. The van der Waals surface area contributed by atoms with Crippen LogP contribution in [0.25, 0.3) is 0 Å². The molecule has 1 unspecified atom stereocenters. The molecule has 0 bridgehead atoms. The summed E-state index contributed by atoms with van der Waals surface area (Å²) in [6, 6.07) is 0. The van der Waals surface area contributed by atoms with Crippen LogP contribution >= 0.6 is 0 Å². The van der Waals surface area contributed by atoms with Crippen LogP contribution in [-0.4, -0.2) is 37.2 Å². The number of carbonyl (C=O) groups is 3. The van der Waals surface area contributed by atoms with E-state index in [9.17, 15) is 14.4 Å². The van der Waals surface area contributed by atoms with Crippen molar-refractivity contribution in [2.24, 2.45) is 0 Å². The molecule has 70 heavy (non-hydrogen) atoms. The van der Waals surface area contributed by atoms with Crippen LogP contribution in [0.3, 0.4) is 0 Å². The monoisotopic (exact) mass is 963 g/mol. The number of carbonyl (C=O) groups excluding carboxylic acids is 3. The number of ether oxygens (including phenoxy) is 3. The van der Waals surface area contributed by atoms with Gasteiger partial charge in [0.1, 0.15) is 13.2 Å². The summed E-state index contributed by atoms with van der Waals surface area (Å²) >= 11 is 0. The second-order valence-corrected chi connectivity index (χ2v) is 17.6. The van der Waals surface area contributed by atoms with Gasteiger partial charge in [0.25, 0.3) is 0 Å². The van der Waals surface area contributed by atoms with Gasteiger partial charge in [-0.3, -0.25) is 14.4 Å². The molecule has 390 valence electrons. The Balaban J connectivity index is 4.60. The summed E-state index contributed by atoms with van der Waals surface area (Å²) in [4.78, 5) is 38.1. The highest BCUT2D eigenvalue weighted by molar-refractivity contribution is 5.71. The maximum absolute atomic E-state index is 12.9. The number of unbranched alkanes of at least 4 members (excludes halogenated alkanes) is 17. The third kappa shape index (κ3) is 54.0. The van der Waals surface area contributed by atoms with Crippen molar-refractivity contribution in [3.63, 3.8) is 0 Å². The quantitative estimate of drug-likeness (QED) is 0.0199. The third-order valence-corrected chi connectivity index (χ3v) is 10.9. The van der Waals surface area contributed by atoms with E-state index in [1.54, 1.807) is 0 Å². The summed E-state index contributed by atoms with van der Waals surface area (Å²) in [6.07, 6.45) is 82.1. The lowest BCUT2D eigenvalue weighted by Gasteiger charge is -2.18. The maximum Gasteiger partial charge on any atom is 0.306 e. The highest BCUT2D eigenvalue weighted by atomic mass is 16.6. The van der Waals surface area contributed by atoms with Gasteiger partial charge in [0.05, 0.1) is 0 Å². The molecule has 0 rings (SSSR count). The first-order valence-corrected chi connectivity index (χ1v) is 27.6. The molecule has 0 amide bonds. The van der Waals surface area contributed by atoms with Gasteiger partial charge < -0.3 is 14.2 Å². The lowest BCUT2D eigenvalue weighted by molar-refractivity contribution is -0.167. The number of rotatable bonds is 47. The lowest BCUT2D eigenvalue weighted by Crippen LogP contribution is -2.30. The minimum Gasteiger partial charge on any atom is -0.462 e. The highest BCUT2D eigenvalue weighted by Gasteiger charge is 2.19. The number of hydrogen-bond donors (Lipinski definition) is 0. The van der Waals surface area contributed by atoms with E-state index in [4.69, 9.17) is 14.2 Å². The normalized spacial score (nSPS) is 13.4. The van der Waals surface area contributed by atoms with E-state index in [2.05, 4.69) is 142 Å². The highest BCUT2D eigenvalue weighted by Crippen LogP contribution is 2.12. The second-order valence-electron chi connectivity index (χ2n) is 17.6. The van der Waals surface area contributed by atoms with Gasteiger partial charge in [-0.05, 0) is 103 Å². The van der Waals surface area contributed by atoms with Crippen molar-refractivity contribution in [3.8, 4) is 0 Å². The van der Waals surface area contributed by atoms with Crippen molar-refractivity contribution < 1.29 is 28.6 Å². The van der Waals surface area contributed by atoms with Crippen molar-refractivity contribution in [2.75, 3.05) is 13.2 Å². The molecule has 0 radical (unpaired) electrons. The zero-order valence-corrected chi connectivity index (χ0v) is 44.5. The van der Waals surface area contributed by atoms with E-state index >= 15 is 0 Å². The predicted octanol–water partition coefficient (Wildman–Crippen LogP) is 18.6. The molecule has 0 fully saturated rings. The molecule has 0 aliphatic heterocycles. The van der Waals surface area contributed by atoms with Gasteiger partial charge in [0, 0.05) is 19.3 Å². The molecule has 0 aliphatic carbocycles. The van der Waals surface area contributed by atoms with E-state index in [1.807, 2.05) is 36.5 Å². The smallest absolute Gasteiger partial charge is 0.306 e. The Morgan fingerprint density at radius 2 is 0.643 bits per heavy atom. The molecular weight excluding hydrogens is 865 g/mol. The molecule has 0 aromatic heterocycles. The minimum atomic E-state index is -0.824. The van der Waals surface area contributed by atoms with Gasteiger partial charge in [-0.2, -0.15) is 0 Å². The van der Waals surface area contributed by atoms with Crippen molar-refractivity contribution in [2.45, 2.75) is 213 Å². The molecule has 0 N–H and O–H groups in total. The number of allylic oxidation sites excluding steroid dienone is 26. The minimum absolute atomic E-state index is 0.119. The van der Waals surface area contributed by atoms with Gasteiger partial charge in [-0.15, -0.1) is 0 Å². The van der Waals surface area contributed by atoms with Crippen molar-refractivity contribution >= 4 is 17.9 Å². The summed E-state index contributed by atoms with van der Waals surface area (Å²) in [5, 5.41) is 0. The summed E-state index contributed by atoms with van der Waals surface area (Å²) in [5.41, 5.74) is 0. The summed E-state index contributed by atoms with van der Waals surface area (Å²) in [5.74, 6) is -1.01. The Kier molecular flexibility index (Phi) is 52.6. The molecule has 0 aromatic carbocycles. The molecule has 1 atom stereocenters. The van der Waals surface area contributed by atoms with Crippen LogP contribution in [0.2, 0.25) is 0 Å². The maximum atomic E-state index is 12.9. The number of esters is 3. The molecule has 0 heterocycles. The molecule has 0 aromatic rings. The van der Waals surface area contributed by atoms with Crippen LogP contribution in [0.1, 0.15) is 207 Å². The van der Waals surface area contributed by atoms with Gasteiger partial charge >= 0.3 is 17.9 Å². The van der Waals surface area contributed by atoms with Gasteiger partial charge in [0.2, 0.25) is 0 Å². The van der Waals surface area contributed by atoms with E-state index < -0.39 is 6.10 Å². The molecular formula is C64H98O6. The summed E-state index contributed by atoms with van der Waals surface area (Å²) < 4.78 is 16.8. The third-order valence-electron chi connectivity index (χ3n) is 10.9. The molecule has 0 saturated carbocycles. The van der Waals surface area contributed by atoms with Crippen LogP contribution in [0.5, 0.6) is 0 Å². The van der Waals surface area contributed by atoms with E-state index in [-0.39, 0.29) is 37.5 Å². The fraction of sp³-hybridized carbons (Fsp3) is 0.547. The molecule has 6 nitrogen and oxygen atoms in total. The van der Waals surface area contributed by atoms with E-state index in [1.165, 1.54) is 25.7 Å². The Morgan fingerprint density at radius 1 is 0.314 bits per heavy atom. The number of hydrogen-bond acceptors (Lipinski definition) is 6. The van der Waals surface area contributed by atoms with Crippen LogP contribution in [0.15, 0.2) is 158 Å². The first kappa shape index (κ1) is 65.0. The zero-order chi connectivity index (χ0) is 50.7. The van der Waals surface area contributed by atoms with E-state index in [0.29, 0.717) is 12.8 Å². The topological polar surface area (TPSA) is 78.9 Å². The standard InChI is InChI=1S/C64H98O6/c1-4-7-10-13-16-19-22-25-28-31-33-36-39-42-45-48-51-54-57-63(66)69-60-61(59-68-62(65)56-53-50-47-44-41-38-35-30-27-24-21-18-15-12-9-6-3)70-64(67)58-55-52-49-46-43-40-37-34-32-29-26-23-20-17-14-11-8-5-2/h9-10,12-13,16-23,25-34,36-38,41,61H,4-8,11,14-15,24,35,39-40,42-60H2,1-3H3/b12-9-,13-10-,19-16-,20-17-,21-18-,25-22-,26-23-,30-27-,31-28-,32-29-,36-33-,37-34-,41-38-. The summed E-state index contributed by atoms with van der Waals surface area (Å²) in [7, 11) is 0. The van der Waals surface area contributed by atoms with Gasteiger partial charge in [0.15, 0.2) is 6.10 Å². The van der Waals surface area contributed by atoms with Crippen molar-refractivity contribution in [3.05, 3.63) is 158 Å². The second kappa shape index (κ2) is 56.6. The first-order valence-electron chi connectivity index (χ1n) is 27.6. The Morgan fingerprint density at radius 3 is 1.07 bits per heavy atom. The first-order chi connectivity index (χ1) is 34.5. The van der Waals surface area contributed by atoms with E-state index in [0.717, 1.165) is 141 Å². The van der Waals surface area contributed by atoms with Crippen molar-refractivity contribution in [1.29, 1.82) is 0 Å². The average molecular weight is 963 g/mol. The van der Waals surface area contributed by atoms with Gasteiger partial charge in [-0.1, -0.05) is 243 Å². The Bertz CT molecular complexity index is 1620. The van der Waals surface area contributed by atoms with Crippen molar-refractivity contribution in [1.82, 2.24) is 0 Å². The molecule has 0 spiro atoms. The Hall–Kier alpha value is -4.97. The zero-order valence-electron chi connectivity index (χ0n) is 44.5.